The fraction of sp³-hybridized carbons (Fsp3) is 0.522. The first-order chi connectivity index (χ1) is 12.7. The summed E-state index contributed by atoms with van der Waals surface area (Å²) in [4.78, 5) is 7.05. The van der Waals surface area contributed by atoms with Gasteiger partial charge in [0.25, 0.3) is 0 Å². The van der Waals surface area contributed by atoms with Crippen molar-refractivity contribution < 1.29 is 5.11 Å². The van der Waals surface area contributed by atoms with Crippen LogP contribution in [-0.4, -0.2) is 34.6 Å². The summed E-state index contributed by atoms with van der Waals surface area (Å²) >= 11 is 0. The van der Waals surface area contributed by atoms with Crippen LogP contribution in [0.25, 0.3) is 0 Å². The van der Waals surface area contributed by atoms with Crippen molar-refractivity contribution in [3.05, 3.63) is 65.0 Å². The normalized spacial score (nSPS) is 24.8. The summed E-state index contributed by atoms with van der Waals surface area (Å²) < 4.78 is 0. The molecule has 0 amide bonds. The standard InChI is InChI=1S/C23H30N2O/c1-17-5-2-3-7-21(17)19-10-13-25(14-11-19)16-18-8-9-20-6-4-12-24-23(20)22(26)15-18/h2-7,12,18-19,22,26H,8-11,13-16H2,1H3/t18-,22-/m1/s1. The number of fused-ring (bicyclic) bond motifs is 1. The maximum Gasteiger partial charge on any atom is 0.0965 e. The van der Waals surface area contributed by atoms with E-state index in [0.717, 1.165) is 31.5 Å². The van der Waals surface area contributed by atoms with Crippen molar-refractivity contribution in [1.29, 1.82) is 0 Å². The van der Waals surface area contributed by atoms with Crippen LogP contribution in [0.15, 0.2) is 42.6 Å². The molecule has 26 heavy (non-hydrogen) atoms. The number of hydrogen-bond acceptors (Lipinski definition) is 3. The van der Waals surface area contributed by atoms with Gasteiger partial charge in [-0.2, -0.15) is 0 Å². The lowest BCUT2D eigenvalue weighted by Crippen LogP contribution is -2.37. The number of nitrogens with zero attached hydrogens (tertiary/aromatic N) is 2. The van der Waals surface area contributed by atoms with Gasteiger partial charge in [-0.15, -0.1) is 0 Å². The number of likely N-dealkylation sites (tertiary alicyclic amines) is 1. The van der Waals surface area contributed by atoms with E-state index in [1.54, 1.807) is 11.8 Å². The van der Waals surface area contributed by atoms with E-state index in [1.165, 1.54) is 37.1 Å². The number of aliphatic hydroxyl groups is 1. The molecule has 0 unspecified atom stereocenters. The smallest absolute Gasteiger partial charge is 0.0965 e. The topological polar surface area (TPSA) is 36.4 Å². The molecule has 3 heteroatoms. The Labute approximate surface area is 157 Å². The largest absolute Gasteiger partial charge is 0.387 e. The minimum absolute atomic E-state index is 0.400. The van der Waals surface area contributed by atoms with Crippen LogP contribution in [0, 0.1) is 12.8 Å². The Bertz CT molecular complexity index is 736. The highest BCUT2D eigenvalue weighted by atomic mass is 16.3. The predicted molar refractivity (Wildman–Crippen MR) is 105 cm³/mol. The van der Waals surface area contributed by atoms with Gasteiger partial charge in [-0.1, -0.05) is 30.3 Å². The van der Waals surface area contributed by atoms with E-state index in [1.807, 2.05) is 6.07 Å². The van der Waals surface area contributed by atoms with Crippen LogP contribution in [0.3, 0.4) is 0 Å². The Morgan fingerprint density at radius 2 is 1.88 bits per heavy atom. The average molecular weight is 351 g/mol. The third kappa shape index (κ3) is 3.84. The first-order valence-electron chi connectivity index (χ1n) is 10.1. The molecular formula is C23H30N2O. The summed E-state index contributed by atoms with van der Waals surface area (Å²) in [6.07, 6.45) is 6.96. The summed E-state index contributed by atoms with van der Waals surface area (Å²) in [5.41, 5.74) is 5.12. The first kappa shape index (κ1) is 17.7. The van der Waals surface area contributed by atoms with Crippen molar-refractivity contribution in [2.45, 2.75) is 51.0 Å². The molecule has 0 saturated carbocycles. The zero-order chi connectivity index (χ0) is 17.9. The molecule has 138 valence electrons. The molecule has 1 fully saturated rings. The third-order valence-corrected chi connectivity index (χ3v) is 6.35. The van der Waals surface area contributed by atoms with Crippen LogP contribution in [-0.2, 0) is 6.42 Å². The van der Waals surface area contributed by atoms with Crippen molar-refractivity contribution in [3.63, 3.8) is 0 Å². The van der Waals surface area contributed by atoms with Gasteiger partial charge in [0.15, 0.2) is 0 Å². The zero-order valence-electron chi connectivity index (χ0n) is 15.8. The molecule has 1 saturated heterocycles. The van der Waals surface area contributed by atoms with Crippen LogP contribution in [0.1, 0.15) is 60.1 Å². The summed E-state index contributed by atoms with van der Waals surface area (Å²) in [5, 5.41) is 10.6. The van der Waals surface area contributed by atoms with E-state index in [9.17, 15) is 5.11 Å². The molecule has 2 atom stereocenters. The Morgan fingerprint density at radius 1 is 1.08 bits per heavy atom. The second kappa shape index (κ2) is 7.89. The van der Waals surface area contributed by atoms with Gasteiger partial charge in [0.1, 0.15) is 0 Å². The second-order valence-electron chi connectivity index (χ2n) is 8.14. The van der Waals surface area contributed by atoms with Crippen LogP contribution in [0.2, 0.25) is 0 Å². The summed E-state index contributed by atoms with van der Waals surface area (Å²) in [6, 6.07) is 13.0. The summed E-state index contributed by atoms with van der Waals surface area (Å²) in [6.45, 7) is 5.71. The molecule has 1 aliphatic carbocycles. The number of aliphatic hydroxyl groups excluding tert-OH is 1. The molecule has 1 aliphatic heterocycles. The lowest BCUT2D eigenvalue weighted by molar-refractivity contribution is 0.114. The monoisotopic (exact) mass is 350 g/mol. The lowest BCUT2D eigenvalue weighted by atomic mass is 9.86. The van der Waals surface area contributed by atoms with E-state index < -0.39 is 6.10 Å². The van der Waals surface area contributed by atoms with Gasteiger partial charge in [-0.25, -0.2) is 0 Å². The Morgan fingerprint density at radius 3 is 2.69 bits per heavy atom. The van der Waals surface area contributed by atoms with Crippen LogP contribution in [0.4, 0.5) is 0 Å². The molecule has 4 rings (SSSR count). The molecule has 2 aliphatic rings. The second-order valence-corrected chi connectivity index (χ2v) is 8.14. The number of hydrogen-bond donors (Lipinski definition) is 1. The highest BCUT2D eigenvalue weighted by Crippen LogP contribution is 2.33. The van der Waals surface area contributed by atoms with Gasteiger partial charge in [0, 0.05) is 12.7 Å². The van der Waals surface area contributed by atoms with E-state index in [-0.39, 0.29) is 0 Å². The zero-order valence-corrected chi connectivity index (χ0v) is 15.8. The van der Waals surface area contributed by atoms with Gasteiger partial charge in [0.05, 0.1) is 11.8 Å². The molecule has 1 aromatic carbocycles. The molecule has 2 aromatic rings. The van der Waals surface area contributed by atoms with E-state index in [4.69, 9.17) is 0 Å². The van der Waals surface area contributed by atoms with Crippen LogP contribution in [0.5, 0.6) is 0 Å². The molecule has 1 aromatic heterocycles. The van der Waals surface area contributed by atoms with Gasteiger partial charge in [-0.05, 0) is 86.7 Å². The van der Waals surface area contributed by atoms with Crippen LogP contribution >= 0.6 is 0 Å². The first-order valence-corrected chi connectivity index (χ1v) is 10.1. The van der Waals surface area contributed by atoms with Crippen molar-refractivity contribution in [2.75, 3.05) is 19.6 Å². The predicted octanol–water partition coefficient (Wildman–Crippen LogP) is 4.26. The number of rotatable bonds is 3. The fourth-order valence-electron chi connectivity index (χ4n) is 4.87. The van der Waals surface area contributed by atoms with E-state index in [0.29, 0.717) is 11.8 Å². The van der Waals surface area contributed by atoms with Crippen LogP contribution < -0.4 is 0 Å². The number of aromatic nitrogens is 1. The van der Waals surface area contributed by atoms with Gasteiger partial charge >= 0.3 is 0 Å². The molecule has 3 nitrogen and oxygen atoms in total. The third-order valence-electron chi connectivity index (χ3n) is 6.35. The van der Waals surface area contributed by atoms with Crippen molar-refractivity contribution in [3.8, 4) is 0 Å². The summed E-state index contributed by atoms with van der Waals surface area (Å²) in [5.74, 6) is 1.27. The fourth-order valence-corrected chi connectivity index (χ4v) is 4.87. The van der Waals surface area contributed by atoms with Crippen molar-refractivity contribution in [2.24, 2.45) is 5.92 Å². The average Bonchev–Trinajstić information content (AvgIpc) is 2.82. The maximum atomic E-state index is 10.6. The molecule has 0 bridgehead atoms. The Kier molecular flexibility index (Phi) is 5.37. The number of piperidine rings is 1. The lowest BCUT2D eigenvalue weighted by Gasteiger charge is -2.35. The van der Waals surface area contributed by atoms with Crippen molar-refractivity contribution >= 4 is 0 Å². The quantitative estimate of drug-likeness (QED) is 0.841. The van der Waals surface area contributed by atoms with Gasteiger partial charge < -0.3 is 10.0 Å². The molecule has 1 N–H and O–H groups in total. The molecule has 2 heterocycles. The summed E-state index contributed by atoms with van der Waals surface area (Å²) in [7, 11) is 0. The van der Waals surface area contributed by atoms with Gasteiger partial charge in [0.2, 0.25) is 0 Å². The molecule has 0 spiro atoms. The Hall–Kier alpha value is -1.71. The van der Waals surface area contributed by atoms with Crippen molar-refractivity contribution in [1.82, 2.24) is 9.88 Å². The van der Waals surface area contributed by atoms with E-state index in [2.05, 4.69) is 47.1 Å². The number of benzene rings is 1. The highest BCUT2D eigenvalue weighted by molar-refractivity contribution is 5.29. The Balaban J connectivity index is 1.33. The molecule has 0 radical (unpaired) electrons. The highest BCUT2D eigenvalue weighted by Gasteiger charge is 2.27. The number of aryl methyl sites for hydroxylation is 2. The minimum Gasteiger partial charge on any atom is -0.387 e. The number of pyridine rings is 1. The SMILES string of the molecule is Cc1ccccc1C1CCN(C[C@@H]2CCc3cccnc3[C@H](O)C2)CC1. The van der Waals surface area contributed by atoms with Gasteiger partial charge in [-0.3, -0.25) is 4.98 Å². The maximum absolute atomic E-state index is 10.6. The minimum atomic E-state index is -0.400. The van der Waals surface area contributed by atoms with E-state index >= 15 is 0 Å². The molecular weight excluding hydrogens is 320 g/mol.